The quantitative estimate of drug-likeness (QED) is 0.313. The summed E-state index contributed by atoms with van der Waals surface area (Å²) >= 11 is 9.41. The van der Waals surface area contributed by atoms with Crippen LogP contribution in [0.2, 0.25) is 5.02 Å². The maximum absolute atomic E-state index is 13.5. The van der Waals surface area contributed by atoms with Gasteiger partial charge >= 0.3 is 0 Å². The number of ether oxygens (including phenoxy) is 1. The molecule has 0 aliphatic carbocycles. The van der Waals surface area contributed by atoms with Crippen molar-refractivity contribution in [1.82, 2.24) is 10.2 Å². The molecule has 0 bridgehead atoms. The van der Waals surface area contributed by atoms with Gasteiger partial charge in [-0.3, -0.25) is 9.59 Å². The first kappa shape index (κ1) is 26.8. The van der Waals surface area contributed by atoms with E-state index in [2.05, 4.69) is 21.2 Å². The average Bonchev–Trinajstić information content (AvgIpc) is 2.87. The topological polar surface area (TPSA) is 58.6 Å². The van der Waals surface area contributed by atoms with Crippen molar-refractivity contribution in [3.05, 3.63) is 99.5 Å². The molecule has 3 aromatic rings. The second kappa shape index (κ2) is 13.3. The number of rotatable bonds is 11. The summed E-state index contributed by atoms with van der Waals surface area (Å²) < 4.78 is 6.70. The Morgan fingerprint density at radius 1 is 0.971 bits per heavy atom. The van der Waals surface area contributed by atoms with Crippen molar-refractivity contribution >= 4 is 39.3 Å². The van der Waals surface area contributed by atoms with Gasteiger partial charge in [-0.2, -0.15) is 0 Å². The Morgan fingerprint density at radius 2 is 1.63 bits per heavy atom. The van der Waals surface area contributed by atoms with Gasteiger partial charge in [0.05, 0.1) is 0 Å². The van der Waals surface area contributed by atoms with Crippen LogP contribution >= 0.6 is 27.5 Å². The van der Waals surface area contributed by atoms with E-state index in [0.717, 1.165) is 22.0 Å². The van der Waals surface area contributed by atoms with Crippen LogP contribution in [0.3, 0.4) is 0 Å². The number of halogens is 2. The predicted octanol–water partition coefficient (Wildman–Crippen LogP) is 6.04. The molecule has 0 saturated carbocycles. The molecule has 35 heavy (non-hydrogen) atoms. The van der Waals surface area contributed by atoms with Gasteiger partial charge in [0.1, 0.15) is 11.8 Å². The smallest absolute Gasteiger partial charge is 0.261 e. The lowest BCUT2D eigenvalue weighted by Gasteiger charge is -2.32. The average molecular weight is 558 g/mol. The molecule has 0 heterocycles. The van der Waals surface area contributed by atoms with E-state index < -0.39 is 6.04 Å². The molecule has 3 rings (SSSR count). The van der Waals surface area contributed by atoms with Gasteiger partial charge in [0, 0.05) is 28.5 Å². The van der Waals surface area contributed by atoms with Gasteiger partial charge in [0.25, 0.3) is 5.91 Å². The van der Waals surface area contributed by atoms with Crippen LogP contribution in [-0.4, -0.2) is 35.4 Å². The molecule has 0 fully saturated rings. The van der Waals surface area contributed by atoms with Crippen LogP contribution < -0.4 is 10.1 Å². The summed E-state index contributed by atoms with van der Waals surface area (Å²) in [5, 5.41) is 3.65. The number of amides is 2. The molecule has 0 aromatic heterocycles. The molecule has 2 amide bonds. The van der Waals surface area contributed by atoms with E-state index in [-0.39, 0.29) is 31.0 Å². The lowest BCUT2D eigenvalue weighted by molar-refractivity contribution is -0.143. The molecule has 0 spiro atoms. The normalized spacial score (nSPS) is 12.5. The van der Waals surface area contributed by atoms with Crippen LogP contribution in [0.25, 0.3) is 0 Å². The van der Waals surface area contributed by atoms with E-state index in [4.69, 9.17) is 16.3 Å². The summed E-state index contributed by atoms with van der Waals surface area (Å²) in [6.07, 6.45) is 1.19. The molecular formula is C28H30BrClN2O3. The maximum atomic E-state index is 13.5. The fourth-order valence-electron chi connectivity index (χ4n) is 3.54. The third-order valence-electron chi connectivity index (χ3n) is 5.71. The minimum atomic E-state index is -0.698. The summed E-state index contributed by atoms with van der Waals surface area (Å²) in [7, 11) is 0. The molecule has 0 saturated heterocycles. The van der Waals surface area contributed by atoms with Crippen LogP contribution in [0.15, 0.2) is 83.3 Å². The highest BCUT2D eigenvalue weighted by Crippen LogP contribution is 2.19. The van der Waals surface area contributed by atoms with Crippen LogP contribution in [0, 0.1) is 0 Å². The number of carbonyl (C=O) groups excluding carboxylic acids is 2. The Labute approximate surface area is 220 Å². The zero-order chi connectivity index (χ0) is 25.2. The summed E-state index contributed by atoms with van der Waals surface area (Å²) in [6, 6.07) is 23.6. The molecule has 7 heteroatoms. The second-order valence-corrected chi connectivity index (χ2v) is 9.77. The minimum Gasteiger partial charge on any atom is -0.484 e. The van der Waals surface area contributed by atoms with Crippen molar-refractivity contribution in [3.8, 4) is 5.75 Å². The lowest BCUT2D eigenvalue weighted by Crippen LogP contribution is -2.53. The predicted molar refractivity (Wildman–Crippen MR) is 143 cm³/mol. The highest BCUT2D eigenvalue weighted by Gasteiger charge is 2.31. The van der Waals surface area contributed by atoms with E-state index >= 15 is 0 Å². The van der Waals surface area contributed by atoms with E-state index in [0.29, 0.717) is 17.2 Å². The number of carbonyl (C=O) groups is 2. The van der Waals surface area contributed by atoms with Crippen LogP contribution in [0.1, 0.15) is 31.4 Å². The van der Waals surface area contributed by atoms with Gasteiger partial charge in [-0.1, -0.05) is 76.9 Å². The van der Waals surface area contributed by atoms with Crippen LogP contribution in [0.5, 0.6) is 5.75 Å². The first-order valence-electron chi connectivity index (χ1n) is 11.6. The molecule has 2 unspecified atom stereocenters. The van der Waals surface area contributed by atoms with Crippen LogP contribution in [-0.2, 0) is 22.6 Å². The lowest BCUT2D eigenvalue weighted by atomic mass is 10.0. The Hall–Kier alpha value is -2.83. The number of hydrogen-bond donors (Lipinski definition) is 1. The van der Waals surface area contributed by atoms with Gasteiger partial charge < -0.3 is 15.0 Å². The number of hydrogen-bond acceptors (Lipinski definition) is 3. The van der Waals surface area contributed by atoms with Gasteiger partial charge in [0.15, 0.2) is 6.61 Å². The molecule has 2 atom stereocenters. The zero-order valence-corrected chi connectivity index (χ0v) is 22.3. The minimum absolute atomic E-state index is 0.00396. The SMILES string of the molecule is CCC(C)NC(=O)C(Cc1ccccc1)N(Cc1ccc(Br)cc1)C(=O)COc1ccc(Cl)cc1. The monoisotopic (exact) mass is 556 g/mol. The number of nitrogens with one attached hydrogen (secondary N) is 1. The molecule has 0 aliphatic heterocycles. The van der Waals surface area contributed by atoms with Crippen molar-refractivity contribution in [2.24, 2.45) is 0 Å². The Kier molecular flexibility index (Phi) is 10.2. The van der Waals surface area contributed by atoms with Gasteiger partial charge in [-0.15, -0.1) is 0 Å². The Bertz CT molecular complexity index is 1090. The standard InChI is InChI=1S/C28H30BrClN2O3/c1-3-20(2)31-28(34)26(17-21-7-5-4-6-8-21)32(18-22-9-11-23(29)12-10-22)27(33)19-35-25-15-13-24(30)14-16-25/h4-16,20,26H,3,17-19H2,1-2H3,(H,31,34). The summed E-state index contributed by atoms with van der Waals surface area (Å²) in [5.41, 5.74) is 1.89. The third-order valence-corrected chi connectivity index (χ3v) is 6.49. The maximum Gasteiger partial charge on any atom is 0.261 e. The van der Waals surface area contributed by atoms with E-state index in [1.54, 1.807) is 29.2 Å². The molecule has 1 N–H and O–H groups in total. The number of nitrogens with zero attached hydrogens (tertiary/aromatic N) is 1. The Morgan fingerprint density at radius 3 is 2.26 bits per heavy atom. The largest absolute Gasteiger partial charge is 0.484 e. The molecule has 0 aliphatic rings. The summed E-state index contributed by atoms with van der Waals surface area (Å²) in [6.45, 7) is 4.06. The molecular weight excluding hydrogens is 528 g/mol. The fraction of sp³-hybridized carbons (Fsp3) is 0.286. The zero-order valence-electron chi connectivity index (χ0n) is 19.9. The fourth-order valence-corrected chi connectivity index (χ4v) is 3.93. The summed E-state index contributed by atoms with van der Waals surface area (Å²) in [5.74, 6) is 0.0817. The van der Waals surface area contributed by atoms with E-state index in [1.165, 1.54) is 0 Å². The van der Waals surface area contributed by atoms with Crippen LogP contribution in [0.4, 0.5) is 0 Å². The highest BCUT2D eigenvalue weighted by atomic mass is 79.9. The molecule has 3 aromatic carbocycles. The summed E-state index contributed by atoms with van der Waals surface area (Å²) in [4.78, 5) is 28.6. The molecule has 0 radical (unpaired) electrons. The van der Waals surface area contributed by atoms with Gasteiger partial charge in [-0.25, -0.2) is 0 Å². The van der Waals surface area contributed by atoms with Crippen molar-refractivity contribution in [3.63, 3.8) is 0 Å². The van der Waals surface area contributed by atoms with Crippen molar-refractivity contribution in [2.45, 2.75) is 45.3 Å². The second-order valence-electron chi connectivity index (χ2n) is 8.41. The first-order chi connectivity index (χ1) is 16.9. The highest BCUT2D eigenvalue weighted by molar-refractivity contribution is 9.10. The van der Waals surface area contributed by atoms with Crippen molar-refractivity contribution in [2.75, 3.05) is 6.61 Å². The van der Waals surface area contributed by atoms with Gasteiger partial charge in [-0.05, 0) is 60.9 Å². The van der Waals surface area contributed by atoms with Crippen molar-refractivity contribution in [1.29, 1.82) is 0 Å². The Balaban J connectivity index is 1.89. The first-order valence-corrected chi connectivity index (χ1v) is 12.8. The third kappa shape index (κ3) is 8.41. The van der Waals surface area contributed by atoms with E-state index in [1.807, 2.05) is 68.4 Å². The molecule has 5 nitrogen and oxygen atoms in total. The van der Waals surface area contributed by atoms with Crippen molar-refractivity contribution < 1.29 is 14.3 Å². The number of benzene rings is 3. The molecule has 184 valence electrons. The van der Waals surface area contributed by atoms with E-state index in [9.17, 15) is 9.59 Å². The van der Waals surface area contributed by atoms with Gasteiger partial charge in [0.2, 0.25) is 5.91 Å².